The summed E-state index contributed by atoms with van der Waals surface area (Å²) in [4.78, 5) is 16.4. The monoisotopic (exact) mass is 431 g/mol. The molecule has 0 saturated carbocycles. The number of aromatic nitrogens is 4. The van der Waals surface area contributed by atoms with Crippen LogP contribution in [0.1, 0.15) is 33.5 Å². The summed E-state index contributed by atoms with van der Waals surface area (Å²) in [5.74, 6) is 0.794. The minimum atomic E-state index is -0.316. The molecule has 1 amide bonds. The molecule has 3 heterocycles. The van der Waals surface area contributed by atoms with E-state index in [1.54, 1.807) is 17.1 Å². The van der Waals surface area contributed by atoms with Crippen LogP contribution in [0.3, 0.4) is 0 Å². The lowest BCUT2D eigenvalue weighted by Crippen LogP contribution is -2.32. The van der Waals surface area contributed by atoms with Crippen molar-refractivity contribution in [3.05, 3.63) is 89.8 Å². The molecule has 1 aliphatic heterocycles. The molecule has 9 heteroatoms. The van der Waals surface area contributed by atoms with Crippen LogP contribution in [-0.2, 0) is 17.8 Å². The molecule has 9 nitrogen and oxygen atoms in total. The largest absolute Gasteiger partial charge is 0.486 e. The van der Waals surface area contributed by atoms with Gasteiger partial charge >= 0.3 is 0 Å². The fourth-order valence-electron chi connectivity index (χ4n) is 3.60. The molecule has 1 N–H and O–H groups in total. The predicted molar refractivity (Wildman–Crippen MR) is 113 cm³/mol. The molecular weight excluding hydrogens is 410 g/mol. The summed E-state index contributed by atoms with van der Waals surface area (Å²) in [5, 5.41) is 10.8. The molecule has 0 radical (unpaired) electrons. The highest BCUT2D eigenvalue weighted by Crippen LogP contribution is 2.26. The smallest absolute Gasteiger partial charge is 0.273 e. The average Bonchev–Trinajstić information content (AvgIpc) is 3.54. The number of benzene rings is 2. The fraction of sp³-hybridized carbons (Fsp3) is 0.217. The van der Waals surface area contributed by atoms with Crippen LogP contribution in [-0.4, -0.2) is 39.0 Å². The first kappa shape index (κ1) is 20.0. The number of rotatable bonds is 7. The zero-order valence-corrected chi connectivity index (χ0v) is 17.2. The Labute approximate surface area is 184 Å². The van der Waals surface area contributed by atoms with E-state index in [0.29, 0.717) is 24.7 Å². The Hall–Kier alpha value is -3.98. The Morgan fingerprint density at radius 2 is 2.06 bits per heavy atom. The third kappa shape index (κ3) is 4.37. The maximum Gasteiger partial charge on any atom is 0.273 e. The Balaban J connectivity index is 1.14. The second-order valence-electron chi connectivity index (χ2n) is 7.32. The molecule has 2 aromatic carbocycles. The Bertz CT molecular complexity index is 1190. The van der Waals surface area contributed by atoms with Crippen LogP contribution in [0.25, 0.3) is 5.69 Å². The van der Waals surface area contributed by atoms with Gasteiger partial charge in [-0.15, -0.1) is 0 Å². The van der Waals surface area contributed by atoms with Gasteiger partial charge in [-0.05, 0) is 41.8 Å². The van der Waals surface area contributed by atoms with E-state index >= 15 is 0 Å². The van der Waals surface area contributed by atoms with Crippen LogP contribution in [0, 0.1) is 0 Å². The lowest BCUT2D eigenvalue weighted by molar-refractivity contribution is 0.0410. The molecule has 0 aliphatic carbocycles. The second-order valence-corrected chi connectivity index (χ2v) is 7.32. The van der Waals surface area contributed by atoms with Crippen LogP contribution in [0.15, 0.2) is 71.8 Å². The van der Waals surface area contributed by atoms with Crippen LogP contribution in [0.2, 0.25) is 0 Å². The van der Waals surface area contributed by atoms with Gasteiger partial charge in [0.1, 0.15) is 31.1 Å². The van der Waals surface area contributed by atoms with Crippen molar-refractivity contribution in [1.29, 1.82) is 0 Å². The first-order valence-electron chi connectivity index (χ1n) is 10.3. The number of ether oxygens (including phenoxy) is 2. The van der Waals surface area contributed by atoms with E-state index in [-0.39, 0.29) is 24.3 Å². The average molecular weight is 431 g/mol. The van der Waals surface area contributed by atoms with Gasteiger partial charge in [0, 0.05) is 12.6 Å². The van der Waals surface area contributed by atoms with Crippen molar-refractivity contribution in [2.45, 2.75) is 19.1 Å². The fourth-order valence-corrected chi connectivity index (χ4v) is 3.60. The Kier molecular flexibility index (Phi) is 5.63. The number of carbonyl (C=O) groups is 1. The quantitative estimate of drug-likeness (QED) is 0.480. The lowest BCUT2D eigenvalue weighted by atomic mass is 9.97. The molecule has 5 rings (SSSR count). The van der Waals surface area contributed by atoms with Crippen LogP contribution < -0.4 is 10.1 Å². The minimum absolute atomic E-state index is 0.155. The van der Waals surface area contributed by atoms with E-state index < -0.39 is 0 Å². The number of fused-ring (bicyclic) bond motifs is 1. The van der Waals surface area contributed by atoms with E-state index in [2.05, 4.69) is 26.6 Å². The van der Waals surface area contributed by atoms with Crippen LogP contribution in [0.5, 0.6) is 5.75 Å². The van der Waals surface area contributed by atoms with Gasteiger partial charge in [0.25, 0.3) is 5.91 Å². The highest BCUT2D eigenvalue weighted by Gasteiger charge is 2.22. The van der Waals surface area contributed by atoms with Crippen molar-refractivity contribution >= 4 is 5.91 Å². The van der Waals surface area contributed by atoms with E-state index in [1.807, 2.05) is 42.5 Å². The summed E-state index contributed by atoms with van der Waals surface area (Å²) in [6.45, 7) is 1.16. The highest BCUT2D eigenvalue weighted by atomic mass is 16.5. The van der Waals surface area contributed by atoms with Crippen molar-refractivity contribution in [3.8, 4) is 11.4 Å². The van der Waals surface area contributed by atoms with Crippen LogP contribution >= 0.6 is 0 Å². The Morgan fingerprint density at radius 1 is 1.19 bits per heavy atom. The summed E-state index contributed by atoms with van der Waals surface area (Å²) in [5.41, 5.74) is 3.45. The normalized spacial score (nSPS) is 15.2. The summed E-state index contributed by atoms with van der Waals surface area (Å²) in [7, 11) is 0. The van der Waals surface area contributed by atoms with Crippen molar-refractivity contribution < 1.29 is 18.8 Å². The number of hydrogen-bond donors (Lipinski definition) is 1. The minimum Gasteiger partial charge on any atom is -0.486 e. The number of carbonyl (C=O) groups excluding carboxylic acids is 1. The molecule has 2 aromatic heterocycles. The highest BCUT2D eigenvalue weighted by molar-refractivity contribution is 5.92. The van der Waals surface area contributed by atoms with Crippen molar-refractivity contribution in [2.75, 3.05) is 13.2 Å². The van der Waals surface area contributed by atoms with Crippen LogP contribution in [0.4, 0.5) is 0 Å². The maximum atomic E-state index is 12.5. The molecule has 1 aliphatic rings. The summed E-state index contributed by atoms with van der Waals surface area (Å²) in [6, 6.07) is 17.1. The number of amides is 1. The van der Waals surface area contributed by atoms with Gasteiger partial charge in [0.05, 0.1) is 12.3 Å². The zero-order chi connectivity index (χ0) is 21.8. The zero-order valence-electron chi connectivity index (χ0n) is 17.2. The third-order valence-electron chi connectivity index (χ3n) is 5.23. The summed E-state index contributed by atoms with van der Waals surface area (Å²) >= 11 is 0. The van der Waals surface area contributed by atoms with Gasteiger partial charge in [0.15, 0.2) is 11.5 Å². The molecule has 162 valence electrons. The molecule has 4 aromatic rings. The topological polar surface area (TPSA) is 104 Å². The number of nitrogens with zero attached hydrogens (tertiary/aromatic N) is 4. The first-order chi connectivity index (χ1) is 15.8. The van der Waals surface area contributed by atoms with E-state index in [1.165, 1.54) is 11.9 Å². The molecule has 0 bridgehead atoms. The maximum absolute atomic E-state index is 12.5. The van der Waals surface area contributed by atoms with Gasteiger partial charge in [-0.1, -0.05) is 29.4 Å². The van der Waals surface area contributed by atoms with Gasteiger partial charge in [0.2, 0.25) is 0 Å². The first-order valence-corrected chi connectivity index (χ1v) is 10.3. The summed E-state index contributed by atoms with van der Waals surface area (Å²) in [6.07, 6.45) is 3.81. The molecule has 1 unspecified atom stereocenters. The molecular formula is C23H21N5O4. The van der Waals surface area contributed by atoms with Crippen molar-refractivity contribution in [1.82, 2.24) is 25.2 Å². The standard InChI is InChI=1S/C23H21N5O4/c29-23(25-12-22-20-4-2-1-3-16(20)9-10-30-22)21-11-19(32-27-21)13-31-18-7-5-17(6-8-18)28-15-24-14-26-28/h1-8,11,14-15,22H,9-10,12-13H2,(H,25,29). The van der Waals surface area contributed by atoms with Gasteiger partial charge in [-0.3, -0.25) is 4.79 Å². The molecule has 0 fully saturated rings. The van der Waals surface area contributed by atoms with Crippen molar-refractivity contribution in [2.24, 2.45) is 0 Å². The Morgan fingerprint density at radius 3 is 2.91 bits per heavy atom. The molecule has 0 saturated heterocycles. The molecule has 0 spiro atoms. The number of hydrogen-bond acceptors (Lipinski definition) is 7. The van der Waals surface area contributed by atoms with Gasteiger partial charge < -0.3 is 19.3 Å². The predicted octanol–water partition coefficient (Wildman–Crippen LogP) is 2.88. The van der Waals surface area contributed by atoms with Gasteiger partial charge in [-0.25, -0.2) is 9.67 Å². The molecule has 1 atom stereocenters. The molecule has 32 heavy (non-hydrogen) atoms. The van der Waals surface area contributed by atoms with Gasteiger partial charge in [-0.2, -0.15) is 5.10 Å². The van der Waals surface area contributed by atoms with Crippen molar-refractivity contribution in [3.63, 3.8) is 0 Å². The van der Waals surface area contributed by atoms with E-state index in [9.17, 15) is 4.79 Å². The number of nitrogens with one attached hydrogen (secondary N) is 1. The summed E-state index contributed by atoms with van der Waals surface area (Å²) < 4.78 is 18.5. The lowest BCUT2D eigenvalue weighted by Gasteiger charge is -2.26. The third-order valence-corrected chi connectivity index (χ3v) is 5.23. The van der Waals surface area contributed by atoms with E-state index in [0.717, 1.165) is 17.7 Å². The second kappa shape index (κ2) is 9.03. The SMILES string of the molecule is O=C(NCC1OCCc2ccccc21)c1cc(COc2ccc(-n3cncn3)cc2)on1. The van der Waals surface area contributed by atoms with E-state index in [4.69, 9.17) is 14.0 Å².